The minimum Gasteiger partial charge on any atom is -0.245 e. The average molecular weight is 378 g/mol. The highest BCUT2D eigenvalue weighted by Crippen LogP contribution is 2.28. The summed E-state index contributed by atoms with van der Waals surface area (Å²) >= 11 is 6.09. The molecule has 0 N–H and O–H groups in total. The Bertz CT molecular complexity index is 1040. The van der Waals surface area contributed by atoms with Crippen LogP contribution in [0.4, 0.5) is 10.5 Å². The minimum absolute atomic E-state index is 0.265. The van der Waals surface area contributed by atoms with Crippen molar-refractivity contribution < 1.29 is 14.2 Å². The number of amides is 3. The van der Waals surface area contributed by atoms with E-state index in [-0.39, 0.29) is 11.9 Å². The van der Waals surface area contributed by atoms with Gasteiger partial charge >= 0.3 is 11.9 Å². The topological polar surface area (TPSA) is 40.4 Å². The molecule has 0 spiro atoms. The number of allylic oxidation sites excluding steroid dienone is 3. The molecule has 1 heterocycles. The van der Waals surface area contributed by atoms with Crippen molar-refractivity contribution in [3.05, 3.63) is 89.0 Å². The number of fused-ring (bicyclic) bond motifs is 1. The number of halogens is 1. The SMILES string of the molecule is Cc1cccc(C[N+]2=C3C=CC=CC3C(=O)N(c3cccc(Cl)c3)C2=O)c1. The molecule has 0 radical (unpaired) electrons. The number of hydrogen-bond donors (Lipinski definition) is 0. The molecule has 2 aromatic rings. The summed E-state index contributed by atoms with van der Waals surface area (Å²) in [7, 11) is 0. The highest BCUT2D eigenvalue weighted by Gasteiger charge is 2.47. The second-order valence-electron chi connectivity index (χ2n) is 6.66. The first-order chi connectivity index (χ1) is 13.0. The Balaban J connectivity index is 1.82. The first-order valence-electron chi connectivity index (χ1n) is 8.73. The predicted octanol–water partition coefficient (Wildman–Crippen LogP) is 4.51. The van der Waals surface area contributed by atoms with Gasteiger partial charge in [0.2, 0.25) is 0 Å². The highest BCUT2D eigenvalue weighted by molar-refractivity contribution is 6.31. The number of imide groups is 1. The summed E-state index contributed by atoms with van der Waals surface area (Å²) in [5.41, 5.74) is 3.32. The number of urea groups is 1. The Hall–Kier alpha value is -2.98. The van der Waals surface area contributed by atoms with Crippen LogP contribution < -0.4 is 4.90 Å². The zero-order valence-corrected chi connectivity index (χ0v) is 15.6. The molecule has 0 aromatic heterocycles. The van der Waals surface area contributed by atoms with Gasteiger partial charge in [0.05, 0.1) is 0 Å². The molecule has 2 aliphatic rings. The van der Waals surface area contributed by atoms with Crippen LogP contribution in [0.3, 0.4) is 0 Å². The summed E-state index contributed by atoms with van der Waals surface area (Å²) in [5.74, 6) is -0.755. The summed E-state index contributed by atoms with van der Waals surface area (Å²) < 4.78 is 1.67. The van der Waals surface area contributed by atoms with Crippen LogP contribution in [0.1, 0.15) is 11.1 Å². The van der Waals surface area contributed by atoms with Crippen molar-refractivity contribution in [2.24, 2.45) is 5.92 Å². The number of carbonyl (C=O) groups is 2. The van der Waals surface area contributed by atoms with E-state index >= 15 is 0 Å². The van der Waals surface area contributed by atoms with E-state index in [9.17, 15) is 9.59 Å². The van der Waals surface area contributed by atoms with Crippen LogP contribution in [0.5, 0.6) is 0 Å². The number of hydrogen-bond acceptors (Lipinski definition) is 2. The second kappa shape index (κ2) is 6.97. The van der Waals surface area contributed by atoms with Crippen LogP contribution in [0, 0.1) is 12.8 Å². The number of nitrogens with zero attached hydrogens (tertiary/aromatic N) is 2. The van der Waals surface area contributed by atoms with Gasteiger partial charge in [-0.15, -0.1) is 4.90 Å². The molecule has 1 unspecified atom stereocenters. The van der Waals surface area contributed by atoms with Gasteiger partial charge in [-0.05, 0) is 30.7 Å². The highest BCUT2D eigenvalue weighted by atomic mass is 35.5. The maximum atomic E-state index is 13.3. The van der Waals surface area contributed by atoms with Gasteiger partial charge in [0, 0.05) is 11.1 Å². The Morgan fingerprint density at radius 3 is 2.67 bits per heavy atom. The lowest BCUT2D eigenvalue weighted by Crippen LogP contribution is -2.54. The molecule has 3 amide bonds. The normalized spacial score (nSPS) is 18.9. The number of aryl methyl sites for hydroxylation is 1. The van der Waals surface area contributed by atoms with E-state index in [2.05, 4.69) is 0 Å². The van der Waals surface area contributed by atoms with Gasteiger partial charge in [0.15, 0.2) is 0 Å². The number of rotatable bonds is 3. The van der Waals surface area contributed by atoms with E-state index in [1.807, 2.05) is 55.5 Å². The molecule has 27 heavy (non-hydrogen) atoms. The molecule has 0 bridgehead atoms. The summed E-state index contributed by atoms with van der Waals surface area (Å²) in [5, 5.41) is 0.479. The third-order valence-corrected chi connectivity index (χ3v) is 4.95. The van der Waals surface area contributed by atoms with Crippen LogP contribution in [0.2, 0.25) is 5.02 Å². The molecule has 1 atom stereocenters. The van der Waals surface area contributed by atoms with Gasteiger partial charge < -0.3 is 0 Å². The lowest BCUT2D eigenvalue weighted by Gasteiger charge is -2.26. The van der Waals surface area contributed by atoms with Crippen molar-refractivity contribution in [1.82, 2.24) is 0 Å². The lowest BCUT2D eigenvalue weighted by molar-refractivity contribution is -0.445. The average Bonchev–Trinajstić information content (AvgIpc) is 2.65. The second-order valence-corrected chi connectivity index (χ2v) is 7.09. The summed E-state index contributed by atoms with van der Waals surface area (Å²) in [6, 6.07) is 14.5. The molecular weight excluding hydrogens is 360 g/mol. The largest absolute Gasteiger partial charge is 0.506 e. The van der Waals surface area contributed by atoms with Gasteiger partial charge in [0.1, 0.15) is 23.9 Å². The maximum Gasteiger partial charge on any atom is 0.506 e. The predicted molar refractivity (Wildman–Crippen MR) is 106 cm³/mol. The third-order valence-electron chi connectivity index (χ3n) is 4.71. The van der Waals surface area contributed by atoms with Crippen molar-refractivity contribution in [1.29, 1.82) is 0 Å². The summed E-state index contributed by atoms with van der Waals surface area (Å²) in [6.45, 7) is 2.41. The van der Waals surface area contributed by atoms with Crippen LogP contribution in [-0.2, 0) is 11.3 Å². The molecule has 2 aromatic carbocycles. The monoisotopic (exact) mass is 377 g/mol. The Morgan fingerprint density at radius 2 is 1.89 bits per heavy atom. The Labute approximate surface area is 162 Å². The van der Waals surface area contributed by atoms with Crippen LogP contribution in [0.15, 0.2) is 72.8 Å². The van der Waals surface area contributed by atoms with Crippen LogP contribution in [-0.4, -0.2) is 22.2 Å². The third kappa shape index (κ3) is 3.24. The number of benzene rings is 2. The van der Waals surface area contributed by atoms with Gasteiger partial charge in [0.25, 0.3) is 0 Å². The minimum atomic E-state index is -0.489. The van der Waals surface area contributed by atoms with E-state index in [1.54, 1.807) is 28.8 Å². The molecule has 134 valence electrons. The zero-order valence-electron chi connectivity index (χ0n) is 14.8. The molecule has 1 aliphatic heterocycles. The fourth-order valence-electron chi connectivity index (χ4n) is 3.47. The van der Waals surface area contributed by atoms with Gasteiger partial charge in [-0.25, -0.2) is 4.79 Å². The van der Waals surface area contributed by atoms with E-state index < -0.39 is 5.92 Å². The molecule has 0 fully saturated rings. The van der Waals surface area contributed by atoms with Gasteiger partial charge in [-0.2, -0.15) is 9.37 Å². The van der Waals surface area contributed by atoms with Crippen LogP contribution in [0.25, 0.3) is 0 Å². The molecule has 0 saturated carbocycles. The quantitative estimate of drug-likeness (QED) is 0.738. The van der Waals surface area contributed by atoms with E-state index in [0.29, 0.717) is 23.0 Å². The van der Waals surface area contributed by atoms with Crippen molar-refractivity contribution in [2.75, 3.05) is 4.90 Å². The standard InChI is InChI=1S/C22H18ClN2O2/c1-15-6-4-7-16(12-15)14-24-20-11-3-2-10-19(20)21(26)25(22(24)27)18-9-5-8-17(23)13-18/h2-13,19H,14H2,1H3/q+1. The molecular formula is C22H18ClN2O2+. The first-order valence-corrected chi connectivity index (χ1v) is 9.11. The lowest BCUT2D eigenvalue weighted by atomic mass is 9.94. The molecule has 0 saturated heterocycles. The van der Waals surface area contributed by atoms with Crippen molar-refractivity contribution >= 4 is 34.9 Å². The Kier molecular flexibility index (Phi) is 4.50. The van der Waals surface area contributed by atoms with Crippen molar-refractivity contribution in [2.45, 2.75) is 13.5 Å². The van der Waals surface area contributed by atoms with E-state index in [1.165, 1.54) is 4.90 Å². The number of carbonyl (C=O) groups excluding carboxylic acids is 2. The Morgan fingerprint density at radius 1 is 1.07 bits per heavy atom. The van der Waals surface area contributed by atoms with E-state index in [4.69, 9.17) is 11.6 Å². The fourth-order valence-corrected chi connectivity index (χ4v) is 3.65. The summed E-state index contributed by atoms with van der Waals surface area (Å²) in [6.07, 6.45) is 7.35. The molecule has 5 heteroatoms. The molecule has 4 nitrogen and oxygen atoms in total. The van der Waals surface area contributed by atoms with Crippen molar-refractivity contribution in [3.8, 4) is 0 Å². The number of anilines is 1. The van der Waals surface area contributed by atoms with Crippen molar-refractivity contribution in [3.63, 3.8) is 0 Å². The molecule has 1 aliphatic carbocycles. The first kappa shape index (κ1) is 17.4. The van der Waals surface area contributed by atoms with Gasteiger partial charge in [-0.1, -0.05) is 65.7 Å². The van der Waals surface area contributed by atoms with E-state index in [0.717, 1.165) is 11.1 Å². The smallest absolute Gasteiger partial charge is 0.245 e. The molecule has 4 rings (SSSR count). The van der Waals surface area contributed by atoms with Crippen LogP contribution >= 0.6 is 11.6 Å². The summed E-state index contributed by atoms with van der Waals surface area (Å²) in [4.78, 5) is 27.6. The van der Waals surface area contributed by atoms with Gasteiger partial charge in [-0.3, -0.25) is 0 Å². The zero-order chi connectivity index (χ0) is 19.0. The fraction of sp³-hybridized carbons (Fsp3) is 0.136. The maximum absolute atomic E-state index is 13.3.